The second-order valence-corrected chi connectivity index (χ2v) is 6.65. The molecule has 98 valence electrons. The number of nitrogens with zero attached hydrogens (tertiary/aromatic N) is 2. The first-order chi connectivity index (χ1) is 9.24. The number of nitrogens with one attached hydrogen (secondary N) is 1. The number of benzene rings is 1. The van der Waals surface area contributed by atoms with Crippen LogP contribution in [0.3, 0.4) is 0 Å². The van der Waals surface area contributed by atoms with E-state index in [9.17, 15) is 0 Å². The highest BCUT2D eigenvalue weighted by molar-refractivity contribution is 7.22. The minimum absolute atomic E-state index is 0.753. The summed E-state index contributed by atoms with van der Waals surface area (Å²) in [7, 11) is 0. The highest BCUT2D eigenvalue weighted by Gasteiger charge is 2.05. The summed E-state index contributed by atoms with van der Waals surface area (Å²) in [6.45, 7) is 5.00. The molecule has 0 fully saturated rings. The van der Waals surface area contributed by atoms with E-state index in [1.165, 1.54) is 15.1 Å². The van der Waals surface area contributed by atoms with E-state index in [1.807, 2.05) is 6.20 Å². The number of hydrogen-bond donors (Lipinski definition) is 1. The van der Waals surface area contributed by atoms with Gasteiger partial charge in [-0.2, -0.15) is 0 Å². The van der Waals surface area contributed by atoms with Crippen LogP contribution >= 0.6 is 22.7 Å². The molecule has 5 heteroatoms. The summed E-state index contributed by atoms with van der Waals surface area (Å²) in [6.07, 6.45) is 3.02. The largest absolute Gasteiger partial charge is 0.355 e. The molecule has 0 spiro atoms. The van der Waals surface area contributed by atoms with Crippen molar-refractivity contribution in [2.75, 3.05) is 5.32 Å². The van der Waals surface area contributed by atoms with Crippen LogP contribution in [0.15, 0.2) is 24.4 Å². The fourth-order valence-electron chi connectivity index (χ4n) is 1.86. The third-order valence-electron chi connectivity index (χ3n) is 2.88. The van der Waals surface area contributed by atoms with Gasteiger partial charge in [0.15, 0.2) is 5.13 Å². The summed E-state index contributed by atoms with van der Waals surface area (Å²) in [5.41, 5.74) is 2.32. The van der Waals surface area contributed by atoms with Crippen LogP contribution in [0.2, 0.25) is 0 Å². The molecule has 0 radical (unpaired) electrons. The van der Waals surface area contributed by atoms with Crippen molar-refractivity contribution in [3.63, 3.8) is 0 Å². The number of fused-ring (bicyclic) bond motifs is 1. The number of rotatable bonds is 4. The maximum Gasteiger partial charge on any atom is 0.184 e. The number of hydrogen-bond acceptors (Lipinski definition) is 5. The molecular weight excluding hydrogens is 274 g/mol. The summed E-state index contributed by atoms with van der Waals surface area (Å²) in [4.78, 5) is 10.3. The Morgan fingerprint density at radius 1 is 1.26 bits per heavy atom. The van der Waals surface area contributed by atoms with E-state index >= 15 is 0 Å². The van der Waals surface area contributed by atoms with Crippen LogP contribution in [-0.4, -0.2) is 9.97 Å². The van der Waals surface area contributed by atoms with Crippen molar-refractivity contribution in [3.05, 3.63) is 39.8 Å². The zero-order valence-electron chi connectivity index (χ0n) is 10.9. The molecule has 0 aliphatic rings. The predicted octanol–water partition coefficient (Wildman–Crippen LogP) is 4.24. The molecule has 0 saturated carbocycles. The van der Waals surface area contributed by atoms with Crippen molar-refractivity contribution in [2.45, 2.75) is 26.8 Å². The van der Waals surface area contributed by atoms with Gasteiger partial charge in [-0.05, 0) is 31.0 Å². The number of aromatic nitrogens is 2. The highest BCUT2D eigenvalue weighted by atomic mass is 32.1. The second-order valence-electron chi connectivity index (χ2n) is 4.42. The van der Waals surface area contributed by atoms with Crippen LogP contribution in [0.25, 0.3) is 10.2 Å². The lowest BCUT2D eigenvalue weighted by Gasteiger charge is -1.97. The van der Waals surface area contributed by atoms with Crippen LogP contribution in [-0.2, 0) is 13.0 Å². The molecule has 0 bridgehead atoms. The third-order valence-corrected chi connectivity index (χ3v) is 5.02. The van der Waals surface area contributed by atoms with Gasteiger partial charge in [-0.25, -0.2) is 9.97 Å². The Hall–Kier alpha value is -1.46. The Balaban J connectivity index is 1.74. The summed E-state index contributed by atoms with van der Waals surface area (Å²) < 4.78 is 1.22. The van der Waals surface area contributed by atoms with Gasteiger partial charge < -0.3 is 5.32 Å². The standard InChI is InChI=1S/C14H15N3S2/c1-3-10-7-15-13(18-10)8-16-14-17-11-6-9(2)4-5-12(11)19-14/h4-7H,3,8H2,1-2H3,(H,16,17). The van der Waals surface area contributed by atoms with E-state index in [-0.39, 0.29) is 0 Å². The van der Waals surface area contributed by atoms with Gasteiger partial charge in [-0.15, -0.1) is 11.3 Å². The molecule has 0 aliphatic heterocycles. The van der Waals surface area contributed by atoms with Crippen molar-refractivity contribution >= 4 is 38.0 Å². The molecule has 3 nitrogen and oxygen atoms in total. The van der Waals surface area contributed by atoms with E-state index in [2.05, 4.69) is 47.3 Å². The summed E-state index contributed by atoms with van der Waals surface area (Å²) in [5, 5.41) is 5.45. The van der Waals surface area contributed by atoms with E-state index in [1.54, 1.807) is 22.7 Å². The molecule has 0 amide bonds. The number of anilines is 1. The van der Waals surface area contributed by atoms with Crippen LogP contribution in [0, 0.1) is 6.92 Å². The van der Waals surface area contributed by atoms with Gasteiger partial charge in [0, 0.05) is 11.1 Å². The molecule has 2 aromatic heterocycles. The predicted molar refractivity (Wildman–Crippen MR) is 83.2 cm³/mol. The Kier molecular flexibility index (Phi) is 3.48. The summed E-state index contributed by atoms with van der Waals surface area (Å²) in [6, 6.07) is 6.38. The molecular formula is C14H15N3S2. The number of aryl methyl sites for hydroxylation is 2. The quantitative estimate of drug-likeness (QED) is 0.781. The minimum Gasteiger partial charge on any atom is -0.355 e. The molecule has 0 saturated heterocycles. The van der Waals surface area contributed by atoms with Crippen LogP contribution < -0.4 is 5.32 Å². The zero-order valence-corrected chi connectivity index (χ0v) is 12.6. The van der Waals surface area contributed by atoms with Gasteiger partial charge in [-0.1, -0.05) is 24.3 Å². The van der Waals surface area contributed by atoms with Gasteiger partial charge in [0.05, 0.1) is 16.8 Å². The van der Waals surface area contributed by atoms with Gasteiger partial charge >= 0.3 is 0 Å². The fraction of sp³-hybridized carbons (Fsp3) is 0.286. The first-order valence-corrected chi connectivity index (χ1v) is 7.92. The van der Waals surface area contributed by atoms with E-state index < -0.39 is 0 Å². The molecule has 0 atom stereocenters. The first-order valence-electron chi connectivity index (χ1n) is 6.29. The van der Waals surface area contributed by atoms with Gasteiger partial charge in [0.25, 0.3) is 0 Å². The van der Waals surface area contributed by atoms with Gasteiger partial charge in [0.2, 0.25) is 0 Å². The van der Waals surface area contributed by atoms with Crippen molar-refractivity contribution in [2.24, 2.45) is 0 Å². The van der Waals surface area contributed by atoms with Gasteiger partial charge in [0.1, 0.15) is 5.01 Å². The smallest absolute Gasteiger partial charge is 0.184 e. The maximum atomic E-state index is 4.60. The average molecular weight is 289 g/mol. The van der Waals surface area contributed by atoms with Crippen molar-refractivity contribution < 1.29 is 0 Å². The average Bonchev–Trinajstić information content (AvgIpc) is 3.01. The molecule has 0 unspecified atom stereocenters. The molecule has 2 heterocycles. The monoisotopic (exact) mass is 289 g/mol. The lowest BCUT2D eigenvalue weighted by Crippen LogP contribution is -1.97. The summed E-state index contributed by atoms with van der Waals surface area (Å²) >= 11 is 3.46. The summed E-state index contributed by atoms with van der Waals surface area (Å²) in [5.74, 6) is 0. The molecule has 3 rings (SSSR count). The van der Waals surface area contributed by atoms with E-state index in [4.69, 9.17) is 0 Å². The van der Waals surface area contributed by atoms with E-state index in [0.29, 0.717) is 0 Å². The molecule has 3 aromatic rings. The van der Waals surface area contributed by atoms with Crippen LogP contribution in [0.4, 0.5) is 5.13 Å². The molecule has 19 heavy (non-hydrogen) atoms. The Bertz CT molecular complexity index is 700. The fourth-order valence-corrected chi connectivity index (χ4v) is 3.50. The Morgan fingerprint density at radius 2 is 2.16 bits per heavy atom. The normalized spacial score (nSPS) is 11.1. The van der Waals surface area contributed by atoms with Crippen molar-refractivity contribution in [3.8, 4) is 0 Å². The van der Waals surface area contributed by atoms with Crippen molar-refractivity contribution in [1.82, 2.24) is 9.97 Å². The Morgan fingerprint density at radius 3 is 2.95 bits per heavy atom. The third kappa shape index (κ3) is 2.77. The minimum atomic E-state index is 0.753. The molecule has 1 aromatic carbocycles. The van der Waals surface area contributed by atoms with Gasteiger partial charge in [-0.3, -0.25) is 0 Å². The lowest BCUT2D eigenvalue weighted by molar-refractivity contribution is 1.09. The highest BCUT2D eigenvalue weighted by Crippen LogP contribution is 2.27. The van der Waals surface area contributed by atoms with E-state index in [0.717, 1.165) is 28.6 Å². The topological polar surface area (TPSA) is 37.8 Å². The first kappa shape index (κ1) is 12.6. The number of thiazole rings is 2. The van der Waals surface area contributed by atoms with Crippen LogP contribution in [0.5, 0.6) is 0 Å². The SMILES string of the molecule is CCc1cnc(CNc2nc3cc(C)ccc3s2)s1. The second kappa shape index (κ2) is 5.27. The zero-order chi connectivity index (χ0) is 13.2. The lowest BCUT2D eigenvalue weighted by atomic mass is 10.2. The van der Waals surface area contributed by atoms with Crippen molar-refractivity contribution in [1.29, 1.82) is 0 Å². The maximum absolute atomic E-state index is 4.60. The Labute approximate surface area is 120 Å². The molecule has 1 N–H and O–H groups in total. The van der Waals surface area contributed by atoms with Crippen LogP contribution in [0.1, 0.15) is 22.4 Å². The molecule has 0 aliphatic carbocycles.